The Balaban J connectivity index is 2.39. The molecular weight excluding hydrogens is 240 g/mol. The van der Waals surface area contributed by atoms with Crippen LogP contribution >= 0.6 is 0 Å². The lowest BCUT2D eigenvalue weighted by atomic mass is 10.00. The van der Waals surface area contributed by atoms with Crippen molar-refractivity contribution in [3.05, 3.63) is 33.6 Å². The summed E-state index contributed by atoms with van der Waals surface area (Å²) < 4.78 is 5.74. The lowest BCUT2D eigenvalue weighted by molar-refractivity contribution is 0.344. The zero-order valence-electron chi connectivity index (χ0n) is 11.3. The number of benzene rings is 1. The molecule has 2 aromatic rings. The van der Waals surface area contributed by atoms with Crippen molar-refractivity contribution in [2.24, 2.45) is 0 Å². The number of H-pyrrole nitrogens is 1. The highest BCUT2D eigenvalue weighted by Crippen LogP contribution is 2.35. The predicted octanol–water partition coefficient (Wildman–Crippen LogP) is 2.59. The van der Waals surface area contributed by atoms with Crippen LogP contribution in [0.2, 0.25) is 0 Å². The van der Waals surface area contributed by atoms with Crippen molar-refractivity contribution in [1.29, 1.82) is 0 Å². The Morgan fingerprint density at radius 1 is 1.37 bits per heavy atom. The van der Waals surface area contributed by atoms with Crippen molar-refractivity contribution in [3.63, 3.8) is 0 Å². The number of ether oxygens (including phenoxy) is 1. The Labute approximate surface area is 111 Å². The lowest BCUT2D eigenvalue weighted by Crippen LogP contribution is -2.22. The highest BCUT2D eigenvalue weighted by Gasteiger charge is 2.19. The van der Waals surface area contributed by atoms with E-state index in [1.807, 2.05) is 26.0 Å². The lowest BCUT2D eigenvalue weighted by Gasteiger charge is -2.21. The van der Waals surface area contributed by atoms with E-state index in [9.17, 15) is 4.79 Å². The third-order valence-electron chi connectivity index (χ3n) is 3.53. The van der Waals surface area contributed by atoms with E-state index < -0.39 is 0 Å². The largest absolute Gasteiger partial charge is 0.493 e. The van der Waals surface area contributed by atoms with E-state index >= 15 is 0 Å². The molecule has 0 spiro atoms. The monoisotopic (exact) mass is 258 g/mol. The summed E-state index contributed by atoms with van der Waals surface area (Å²) in [5.41, 5.74) is 3.75. The van der Waals surface area contributed by atoms with Gasteiger partial charge in [-0.2, -0.15) is 0 Å². The molecule has 1 aliphatic rings. The molecule has 0 saturated carbocycles. The normalized spacial score (nSPS) is 14.0. The summed E-state index contributed by atoms with van der Waals surface area (Å²) in [6.45, 7) is 5.50. The van der Waals surface area contributed by atoms with Crippen LogP contribution < -0.4 is 15.6 Å². The van der Waals surface area contributed by atoms with Gasteiger partial charge in [-0.15, -0.1) is 0 Å². The molecule has 19 heavy (non-hydrogen) atoms. The summed E-state index contributed by atoms with van der Waals surface area (Å²) >= 11 is 0. The predicted molar refractivity (Wildman–Crippen MR) is 77.3 cm³/mol. The second-order valence-electron chi connectivity index (χ2n) is 4.96. The maximum absolute atomic E-state index is 12.1. The first-order valence-electron chi connectivity index (χ1n) is 6.77. The van der Waals surface area contributed by atoms with Crippen molar-refractivity contribution in [3.8, 4) is 5.75 Å². The number of hydrogen-bond acceptors (Lipinski definition) is 3. The van der Waals surface area contributed by atoms with E-state index in [4.69, 9.17) is 4.74 Å². The summed E-state index contributed by atoms with van der Waals surface area (Å²) in [5, 5.41) is 4.37. The van der Waals surface area contributed by atoms with Crippen molar-refractivity contribution in [2.45, 2.75) is 26.7 Å². The van der Waals surface area contributed by atoms with Gasteiger partial charge in [-0.25, -0.2) is 0 Å². The maximum atomic E-state index is 12.1. The highest BCUT2D eigenvalue weighted by atomic mass is 16.5. The van der Waals surface area contributed by atoms with E-state index in [1.54, 1.807) is 0 Å². The Morgan fingerprint density at radius 2 is 2.21 bits per heavy atom. The molecule has 2 N–H and O–H groups in total. The molecule has 1 aromatic carbocycles. The average Bonchev–Trinajstić information content (AvgIpc) is 2.38. The Morgan fingerprint density at radius 3 is 3.00 bits per heavy atom. The van der Waals surface area contributed by atoms with Crippen molar-refractivity contribution in [1.82, 2.24) is 4.98 Å². The van der Waals surface area contributed by atoms with Crippen molar-refractivity contribution in [2.75, 3.05) is 18.5 Å². The van der Waals surface area contributed by atoms with E-state index in [0.717, 1.165) is 52.9 Å². The van der Waals surface area contributed by atoms with Crippen molar-refractivity contribution < 1.29 is 4.74 Å². The van der Waals surface area contributed by atoms with Crippen LogP contribution in [0.15, 0.2) is 16.9 Å². The second kappa shape index (κ2) is 4.61. The quantitative estimate of drug-likeness (QED) is 0.870. The minimum atomic E-state index is 0.0164. The summed E-state index contributed by atoms with van der Waals surface area (Å²) in [6, 6.07) is 4.02. The van der Waals surface area contributed by atoms with Crippen LogP contribution in [0.4, 0.5) is 5.69 Å². The van der Waals surface area contributed by atoms with E-state index in [2.05, 4.69) is 10.3 Å². The van der Waals surface area contributed by atoms with Gasteiger partial charge in [-0.3, -0.25) is 4.79 Å². The molecule has 4 nitrogen and oxygen atoms in total. The number of rotatable bonds is 2. The molecule has 0 unspecified atom stereocenters. The Hall–Kier alpha value is -1.97. The van der Waals surface area contributed by atoms with Gasteiger partial charge in [-0.1, -0.05) is 0 Å². The smallest absolute Gasteiger partial charge is 0.253 e. The Kier molecular flexibility index (Phi) is 2.93. The maximum Gasteiger partial charge on any atom is 0.253 e. The molecule has 0 saturated heterocycles. The van der Waals surface area contributed by atoms with Gasteiger partial charge >= 0.3 is 0 Å². The molecule has 4 heteroatoms. The molecule has 1 aliphatic heterocycles. The molecular formula is C15H18N2O2. The minimum absolute atomic E-state index is 0.0164. The van der Waals surface area contributed by atoms with Crippen LogP contribution in [0.5, 0.6) is 5.75 Å². The van der Waals surface area contributed by atoms with Gasteiger partial charge in [-0.05, 0) is 44.4 Å². The van der Waals surface area contributed by atoms with E-state index in [1.165, 1.54) is 0 Å². The van der Waals surface area contributed by atoms with Crippen molar-refractivity contribution >= 4 is 16.6 Å². The topological polar surface area (TPSA) is 54.1 Å². The number of aromatic amines is 1. The molecule has 0 fully saturated rings. The zero-order valence-corrected chi connectivity index (χ0v) is 11.3. The SMILES string of the molecule is CCOc1cc(C)cc2[nH]c(=O)c3c(c12)NCCC3. The van der Waals surface area contributed by atoms with E-state index in [0.29, 0.717) is 6.61 Å². The first-order valence-corrected chi connectivity index (χ1v) is 6.77. The minimum Gasteiger partial charge on any atom is -0.493 e. The molecule has 0 aliphatic carbocycles. The van der Waals surface area contributed by atoms with E-state index in [-0.39, 0.29) is 5.56 Å². The van der Waals surface area contributed by atoms with Crippen LogP contribution in [0.3, 0.4) is 0 Å². The molecule has 3 rings (SSSR count). The molecule has 1 aromatic heterocycles. The fourth-order valence-electron chi connectivity index (χ4n) is 2.75. The van der Waals surface area contributed by atoms with Gasteiger partial charge in [0.25, 0.3) is 5.56 Å². The molecule has 0 radical (unpaired) electrons. The zero-order chi connectivity index (χ0) is 13.4. The summed E-state index contributed by atoms with van der Waals surface area (Å²) in [7, 11) is 0. The molecule has 2 heterocycles. The third kappa shape index (κ3) is 1.97. The number of pyridine rings is 1. The second-order valence-corrected chi connectivity index (χ2v) is 4.96. The first-order chi connectivity index (χ1) is 9.20. The third-order valence-corrected chi connectivity index (χ3v) is 3.53. The number of fused-ring (bicyclic) bond motifs is 3. The van der Waals surface area contributed by atoms with Gasteiger partial charge in [0.15, 0.2) is 0 Å². The number of hydrogen-bond donors (Lipinski definition) is 2. The van der Waals surface area contributed by atoms with Gasteiger partial charge in [0.1, 0.15) is 5.75 Å². The number of aromatic nitrogens is 1. The highest BCUT2D eigenvalue weighted by molar-refractivity contribution is 5.98. The van der Waals surface area contributed by atoms with Crippen LogP contribution in [-0.2, 0) is 6.42 Å². The number of anilines is 1. The average molecular weight is 258 g/mol. The summed E-state index contributed by atoms with van der Waals surface area (Å²) in [4.78, 5) is 15.1. The molecule has 0 atom stereocenters. The van der Waals surface area contributed by atoms with Gasteiger partial charge < -0.3 is 15.0 Å². The fourth-order valence-corrected chi connectivity index (χ4v) is 2.75. The Bertz CT molecular complexity index is 689. The van der Waals surface area contributed by atoms with Gasteiger partial charge in [0.05, 0.1) is 23.2 Å². The van der Waals surface area contributed by atoms with Gasteiger partial charge in [0.2, 0.25) is 0 Å². The first kappa shape index (κ1) is 12.1. The standard InChI is InChI=1S/C15H18N2O2/c1-3-19-12-8-9(2)7-11-13(12)14-10(15(18)17-11)5-4-6-16-14/h7-8,16H,3-6H2,1-2H3,(H,17,18). The van der Waals surface area contributed by atoms with Crippen LogP contribution in [0.1, 0.15) is 24.5 Å². The molecule has 0 amide bonds. The number of aryl methyl sites for hydroxylation is 1. The van der Waals surface area contributed by atoms with Crippen LogP contribution in [0.25, 0.3) is 10.9 Å². The summed E-state index contributed by atoms with van der Waals surface area (Å²) in [6.07, 6.45) is 1.82. The van der Waals surface area contributed by atoms with Crippen LogP contribution in [-0.4, -0.2) is 18.1 Å². The number of nitrogens with one attached hydrogen (secondary N) is 2. The molecule has 0 bridgehead atoms. The fraction of sp³-hybridized carbons (Fsp3) is 0.400. The van der Waals surface area contributed by atoms with Crippen LogP contribution in [0, 0.1) is 6.92 Å². The summed E-state index contributed by atoms with van der Waals surface area (Å²) in [5.74, 6) is 0.847. The van der Waals surface area contributed by atoms with Gasteiger partial charge in [0, 0.05) is 12.1 Å². The molecule has 100 valence electrons.